The second kappa shape index (κ2) is 4.15. The minimum Gasteiger partial charge on any atom is -0.289 e. The third-order valence-electron chi connectivity index (χ3n) is 1.20. The highest BCUT2D eigenvalue weighted by Gasteiger charge is 1.96. The molecule has 12 heavy (non-hydrogen) atoms. The second-order valence-electron chi connectivity index (χ2n) is 2.01. The first-order valence-corrected chi connectivity index (χ1v) is 3.90. The maximum Gasteiger partial charge on any atom is 0.193 e. The average Bonchev–Trinajstić information content (AvgIpc) is 2.03. The van der Waals surface area contributed by atoms with Crippen molar-refractivity contribution >= 4 is 29.5 Å². The Labute approximate surface area is 80.3 Å². The van der Waals surface area contributed by atoms with E-state index in [1.165, 1.54) is 0 Å². The van der Waals surface area contributed by atoms with E-state index in [2.05, 4.69) is 11.8 Å². The summed E-state index contributed by atoms with van der Waals surface area (Å²) < 4.78 is 0. The van der Waals surface area contributed by atoms with Gasteiger partial charge in [0.05, 0.1) is 5.02 Å². The number of hydrogen-bond acceptors (Lipinski definition) is 1. The van der Waals surface area contributed by atoms with Crippen LogP contribution >= 0.6 is 23.2 Å². The van der Waals surface area contributed by atoms with Crippen LogP contribution in [-0.2, 0) is 4.79 Å². The lowest BCUT2D eigenvalue weighted by Crippen LogP contribution is -1.76. The van der Waals surface area contributed by atoms with E-state index in [-0.39, 0.29) is 0 Å². The predicted octanol–water partition coefficient (Wildman–Crippen LogP) is 2.54. The Morgan fingerprint density at radius 2 is 2.08 bits per heavy atom. The smallest absolute Gasteiger partial charge is 0.193 e. The Kier molecular flexibility index (Phi) is 3.16. The van der Waals surface area contributed by atoms with Gasteiger partial charge in [-0.25, -0.2) is 0 Å². The number of aldehydes is 1. The summed E-state index contributed by atoms with van der Waals surface area (Å²) >= 11 is 11.4. The van der Waals surface area contributed by atoms with Crippen molar-refractivity contribution in [2.75, 3.05) is 0 Å². The number of benzene rings is 1. The van der Waals surface area contributed by atoms with Crippen LogP contribution in [0, 0.1) is 11.8 Å². The molecular formula is C9H4Cl2O. The second-order valence-corrected chi connectivity index (χ2v) is 2.85. The van der Waals surface area contributed by atoms with Crippen LogP contribution in [0.5, 0.6) is 0 Å². The van der Waals surface area contributed by atoms with Crippen molar-refractivity contribution < 1.29 is 4.79 Å². The van der Waals surface area contributed by atoms with Gasteiger partial charge in [-0.3, -0.25) is 4.79 Å². The highest BCUT2D eigenvalue weighted by Crippen LogP contribution is 2.19. The fourth-order valence-corrected chi connectivity index (χ4v) is 1.15. The highest BCUT2D eigenvalue weighted by molar-refractivity contribution is 6.35. The van der Waals surface area contributed by atoms with E-state index in [4.69, 9.17) is 23.2 Å². The fourth-order valence-electron chi connectivity index (χ4n) is 0.698. The van der Waals surface area contributed by atoms with E-state index in [0.717, 1.165) is 0 Å². The summed E-state index contributed by atoms with van der Waals surface area (Å²) in [7, 11) is 0. The first-order valence-electron chi connectivity index (χ1n) is 3.14. The van der Waals surface area contributed by atoms with Gasteiger partial charge >= 0.3 is 0 Å². The van der Waals surface area contributed by atoms with Crippen molar-refractivity contribution in [3.8, 4) is 11.8 Å². The van der Waals surface area contributed by atoms with Gasteiger partial charge in [-0.15, -0.1) is 0 Å². The van der Waals surface area contributed by atoms with Crippen LogP contribution in [0.4, 0.5) is 0 Å². The monoisotopic (exact) mass is 198 g/mol. The molecule has 0 aromatic heterocycles. The van der Waals surface area contributed by atoms with Gasteiger partial charge in [-0.1, -0.05) is 29.1 Å². The van der Waals surface area contributed by atoms with Gasteiger partial charge in [0.15, 0.2) is 6.29 Å². The average molecular weight is 199 g/mol. The van der Waals surface area contributed by atoms with Crippen molar-refractivity contribution in [1.29, 1.82) is 0 Å². The third-order valence-corrected chi connectivity index (χ3v) is 1.74. The van der Waals surface area contributed by atoms with E-state index in [9.17, 15) is 4.79 Å². The van der Waals surface area contributed by atoms with E-state index < -0.39 is 0 Å². The summed E-state index contributed by atoms with van der Waals surface area (Å²) in [4.78, 5) is 9.91. The SMILES string of the molecule is O=CC#Cc1ccc(Cl)cc1Cl. The zero-order valence-corrected chi connectivity index (χ0v) is 7.49. The Bertz CT molecular complexity index is 361. The van der Waals surface area contributed by atoms with E-state index in [1.807, 2.05) is 0 Å². The molecule has 0 aliphatic rings. The van der Waals surface area contributed by atoms with E-state index in [0.29, 0.717) is 21.9 Å². The third kappa shape index (κ3) is 2.27. The van der Waals surface area contributed by atoms with E-state index >= 15 is 0 Å². The zero-order chi connectivity index (χ0) is 8.97. The Morgan fingerprint density at radius 1 is 1.33 bits per heavy atom. The van der Waals surface area contributed by atoms with Crippen LogP contribution in [0.1, 0.15) is 5.56 Å². The molecule has 0 radical (unpaired) electrons. The van der Waals surface area contributed by atoms with Gasteiger partial charge < -0.3 is 0 Å². The van der Waals surface area contributed by atoms with Gasteiger partial charge in [-0.05, 0) is 24.1 Å². The molecule has 0 aliphatic carbocycles. The van der Waals surface area contributed by atoms with Crippen molar-refractivity contribution in [2.45, 2.75) is 0 Å². The summed E-state index contributed by atoms with van der Waals surface area (Å²) in [5.41, 5.74) is 0.605. The molecule has 0 heterocycles. The molecule has 0 unspecified atom stereocenters. The molecule has 0 bridgehead atoms. The fraction of sp³-hybridized carbons (Fsp3) is 0. The lowest BCUT2D eigenvalue weighted by atomic mass is 10.2. The Hall–Kier alpha value is -0.970. The zero-order valence-electron chi connectivity index (χ0n) is 5.97. The van der Waals surface area contributed by atoms with Gasteiger partial charge in [0.1, 0.15) is 0 Å². The molecule has 1 nitrogen and oxygen atoms in total. The molecule has 1 aromatic carbocycles. The molecule has 0 fully saturated rings. The number of carbonyl (C=O) groups is 1. The van der Waals surface area contributed by atoms with Crippen molar-refractivity contribution in [3.05, 3.63) is 33.8 Å². The normalized spacial score (nSPS) is 8.50. The maximum atomic E-state index is 9.91. The van der Waals surface area contributed by atoms with Crippen LogP contribution in [-0.4, -0.2) is 6.29 Å². The minimum absolute atomic E-state index is 0.455. The van der Waals surface area contributed by atoms with Gasteiger partial charge in [0.2, 0.25) is 0 Å². The van der Waals surface area contributed by atoms with Gasteiger partial charge in [0, 0.05) is 10.6 Å². The minimum atomic E-state index is 0.455. The first kappa shape index (κ1) is 9.12. The molecular weight excluding hydrogens is 195 g/mol. The maximum absolute atomic E-state index is 9.91. The molecule has 0 N–H and O–H groups in total. The molecule has 3 heteroatoms. The Balaban J connectivity index is 3.09. The van der Waals surface area contributed by atoms with Crippen LogP contribution in [0.25, 0.3) is 0 Å². The molecule has 0 amide bonds. The van der Waals surface area contributed by atoms with Crippen LogP contribution in [0.15, 0.2) is 18.2 Å². The van der Waals surface area contributed by atoms with Crippen LogP contribution < -0.4 is 0 Å². The van der Waals surface area contributed by atoms with Crippen molar-refractivity contribution in [3.63, 3.8) is 0 Å². The number of rotatable bonds is 0. The van der Waals surface area contributed by atoms with Crippen molar-refractivity contribution in [1.82, 2.24) is 0 Å². The molecule has 0 saturated carbocycles. The van der Waals surface area contributed by atoms with E-state index in [1.54, 1.807) is 18.2 Å². The molecule has 60 valence electrons. The molecule has 1 aromatic rings. The van der Waals surface area contributed by atoms with Crippen LogP contribution in [0.2, 0.25) is 10.0 Å². The molecule has 0 aliphatic heterocycles. The van der Waals surface area contributed by atoms with Crippen LogP contribution in [0.3, 0.4) is 0 Å². The largest absolute Gasteiger partial charge is 0.289 e. The lowest BCUT2D eigenvalue weighted by Gasteiger charge is -1.94. The summed E-state index contributed by atoms with van der Waals surface area (Å²) in [5, 5.41) is 1.01. The molecule has 1 rings (SSSR count). The summed E-state index contributed by atoms with van der Waals surface area (Å²) in [5.74, 6) is 4.85. The number of hydrogen-bond donors (Lipinski definition) is 0. The number of carbonyl (C=O) groups excluding carboxylic acids is 1. The summed E-state index contributed by atoms with van der Waals surface area (Å²) in [6.45, 7) is 0. The Morgan fingerprint density at radius 3 is 2.67 bits per heavy atom. The van der Waals surface area contributed by atoms with Crippen molar-refractivity contribution in [2.24, 2.45) is 0 Å². The van der Waals surface area contributed by atoms with Gasteiger partial charge in [0.25, 0.3) is 0 Å². The highest BCUT2D eigenvalue weighted by atomic mass is 35.5. The lowest BCUT2D eigenvalue weighted by molar-refractivity contribution is -0.103. The van der Waals surface area contributed by atoms with Gasteiger partial charge in [-0.2, -0.15) is 0 Å². The quantitative estimate of drug-likeness (QED) is 0.463. The standard InChI is InChI=1S/C9H4Cl2O/c10-8-4-3-7(2-1-5-12)9(11)6-8/h3-6H. The first-order chi connectivity index (χ1) is 5.74. The summed E-state index contributed by atoms with van der Waals surface area (Å²) in [6.07, 6.45) is 0.519. The number of halogens is 2. The molecule has 0 spiro atoms. The predicted molar refractivity (Wildman–Crippen MR) is 49.4 cm³/mol. The molecule has 0 atom stereocenters. The summed E-state index contributed by atoms with van der Waals surface area (Å²) in [6, 6.07) is 4.92. The molecule has 0 saturated heterocycles. The topological polar surface area (TPSA) is 17.1 Å².